The number of hydrogen-bond donors (Lipinski definition) is 2. The Morgan fingerprint density at radius 3 is 2.88 bits per heavy atom. The highest BCUT2D eigenvalue weighted by atomic mass is 16.9. The maximum absolute atomic E-state index is 5.80. The number of fused-ring (bicyclic) bond motifs is 3. The fraction of sp³-hybridized carbons (Fsp3) is 0.500. The van der Waals surface area contributed by atoms with E-state index in [-0.39, 0.29) is 5.85 Å². The highest BCUT2D eigenvalue weighted by Crippen LogP contribution is 2.55. The number of hydroxylamine groups is 1. The van der Waals surface area contributed by atoms with Gasteiger partial charge < -0.3 is 10.6 Å². The SMILES string of the molecule is c1ccc2c(c1)NC1(C3CCNCC3)ON21. The lowest BCUT2D eigenvalue weighted by Gasteiger charge is -2.25. The zero-order valence-electron chi connectivity index (χ0n) is 9.07. The Hall–Kier alpha value is -1.26. The highest BCUT2D eigenvalue weighted by Gasteiger charge is 2.65. The van der Waals surface area contributed by atoms with Crippen LogP contribution in [0, 0.1) is 5.92 Å². The molecule has 1 unspecified atom stereocenters. The summed E-state index contributed by atoms with van der Waals surface area (Å²) in [5.74, 6) is 0.368. The summed E-state index contributed by atoms with van der Waals surface area (Å²) in [6, 6.07) is 8.35. The molecule has 0 aromatic heterocycles. The van der Waals surface area contributed by atoms with Gasteiger partial charge in [-0.3, -0.25) is 0 Å². The number of piperidine rings is 1. The van der Waals surface area contributed by atoms with Crippen molar-refractivity contribution >= 4 is 11.4 Å². The van der Waals surface area contributed by atoms with Crippen molar-refractivity contribution in [2.24, 2.45) is 5.92 Å². The topological polar surface area (TPSA) is 39.6 Å². The minimum Gasteiger partial charge on any atom is -0.335 e. The zero-order chi connectivity index (χ0) is 10.6. The van der Waals surface area contributed by atoms with Gasteiger partial charge in [0.25, 0.3) is 5.85 Å². The summed E-state index contributed by atoms with van der Waals surface area (Å²) in [5, 5.41) is 8.96. The van der Waals surface area contributed by atoms with E-state index >= 15 is 0 Å². The minimum absolute atomic E-state index is 0.216. The van der Waals surface area contributed by atoms with Gasteiger partial charge >= 0.3 is 0 Å². The Labute approximate surface area is 94.5 Å². The molecular formula is C12H15N3O. The van der Waals surface area contributed by atoms with Crippen LogP contribution in [0.3, 0.4) is 0 Å². The summed E-state index contributed by atoms with van der Waals surface area (Å²) in [5.41, 5.74) is 2.38. The lowest BCUT2D eigenvalue weighted by atomic mass is 9.94. The van der Waals surface area contributed by atoms with Crippen LogP contribution in [0.4, 0.5) is 11.4 Å². The van der Waals surface area contributed by atoms with Gasteiger partial charge in [-0.25, -0.2) is 4.84 Å². The number of hydrogen-bond acceptors (Lipinski definition) is 4. The Balaban J connectivity index is 1.65. The second kappa shape index (κ2) is 2.90. The van der Waals surface area contributed by atoms with Gasteiger partial charge in [0.1, 0.15) is 0 Å². The maximum atomic E-state index is 5.80. The van der Waals surface area contributed by atoms with E-state index in [2.05, 4.69) is 34.9 Å². The second-order valence-electron chi connectivity index (χ2n) is 4.75. The van der Waals surface area contributed by atoms with E-state index in [1.807, 2.05) is 5.06 Å². The molecule has 4 heteroatoms. The molecule has 3 aliphatic heterocycles. The summed E-state index contributed by atoms with van der Waals surface area (Å²) in [6.07, 6.45) is 2.36. The van der Waals surface area contributed by atoms with Gasteiger partial charge in [-0.1, -0.05) is 12.1 Å². The van der Waals surface area contributed by atoms with Crippen LogP contribution < -0.4 is 15.7 Å². The van der Waals surface area contributed by atoms with Gasteiger partial charge in [-0.15, -0.1) is 0 Å². The molecule has 0 spiro atoms. The van der Waals surface area contributed by atoms with Gasteiger partial charge in [0.2, 0.25) is 0 Å². The highest BCUT2D eigenvalue weighted by molar-refractivity contribution is 5.79. The van der Waals surface area contributed by atoms with Crippen LogP contribution >= 0.6 is 0 Å². The standard InChI is InChI=1S/C12H15N3O/c1-2-4-11-10(3-1)14-12(15(11)16-12)9-5-7-13-8-6-9/h1-4,9,13-14H,5-8H2. The van der Waals surface area contributed by atoms with Crippen molar-refractivity contribution in [3.63, 3.8) is 0 Å². The minimum atomic E-state index is -0.216. The first-order valence-electron chi connectivity index (χ1n) is 5.97. The summed E-state index contributed by atoms with van der Waals surface area (Å²) in [6.45, 7) is 2.20. The number of anilines is 2. The first kappa shape index (κ1) is 8.84. The molecule has 0 bridgehead atoms. The van der Waals surface area contributed by atoms with Crippen molar-refractivity contribution in [3.8, 4) is 0 Å². The van der Waals surface area contributed by atoms with Crippen molar-refractivity contribution in [2.45, 2.75) is 18.7 Å². The number of benzene rings is 1. The van der Waals surface area contributed by atoms with Crippen molar-refractivity contribution in [1.29, 1.82) is 0 Å². The van der Waals surface area contributed by atoms with E-state index in [1.165, 1.54) is 24.2 Å². The molecule has 84 valence electrons. The molecule has 1 aromatic carbocycles. The molecule has 0 aliphatic carbocycles. The number of nitrogens with zero attached hydrogens (tertiary/aromatic N) is 1. The first-order chi connectivity index (χ1) is 7.90. The summed E-state index contributed by atoms with van der Waals surface area (Å²) >= 11 is 0. The lowest BCUT2D eigenvalue weighted by molar-refractivity contribution is 0.202. The van der Waals surface area contributed by atoms with Crippen LogP contribution in [0.25, 0.3) is 0 Å². The van der Waals surface area contributed by atoms with Crippen LogP contribution in [0.15, 0.2) is 24.3 Å². The van der Waals surface area contributed by atoms with Crippen LogP contribution in [0.5, 0.6) is 0 Å². The number of rotatable bonds is 1. The molecule has 2 N–H and O–H groups in total. The van der Waals surface area contributed by atoms with Crippen molar-refractivity contribution in [2.75, 3.05) is 23.5 Å². The summed E-state index contributed by atoms with van der Waals surface area (Å²) in [4.78, 5) is 5.80. The molecule has 0 saturated carbocycles. The van der Waals surface area contributed by atoms with Crippen LogP contribution in [-0.4, -0.2) is 18.9 Å². The molecule has 4 nitrogen and oxygen atoms in total. The van der Waals surface area contributed by atoms with E-state index < -0.39 is 0 Å². The smallest absolute Gasteiger partial charge is 0.268 e. The number of para-hydroxylation sites is 2. The third-order valence-electron chi connectivity index (χ3n) is 3.83. The van der Waals surface area contributed by atoms with Crippen LogP contribution in [0.2, 0.25) is 0 Å². The Morgan fingerprint density at radius 2 is 2.06 bits per heavy atom. The predicted octanol–water partition coefficient (Wildman–Crippen LogP) is 1.52. The summed E-state index contributed by atoms with van der Waals surface area (Å²) in [7, 11) is 0. The molecule has 3 aliphatic rings. The molecule has 1 atom stereocenters. The zero-order valence-corrected chi connectivity index (χ0v) is 9.07. The Morgan fingerprint density at radius 1 is 1.25 bits per heavy atom. The van der Waals surface area contributed by atoms with E-state index in [4.69, 9.17) is 4.84 Å². The van der Waals surface area contributed by atoms with Gasteiger partial charge in [0.05, 0.1) is 11.4 Å². The normalized spacial score (nSPS) is 31.9. The monoisotopic (exact) mass is 217 g/mol. The predicted molar refractivity (Wildman–Crippen MR) is 62.0 cm³/mol. The van der Waals surface area contributed by atoms with Gasteiger partial charge in [-0.2, -0.15) is 5.06 Å². The third kappa shape index (κ3) is 1.01. The van der Waals surface area contributed by atoms with Crippen molar-refractivity contribution in [1.82, 2.24) is 5.32 Å². The second-order valence-corrected chi connectivity index (χ2v) is 4.75. The molecule has 4 rings (SSSR count). The van der Waals surface area contributed by atoms with E-state index in [1.54, 1.807) is 0 Å². The molecule has 0 radical (unpaired) electrons. The van der Waals surface area contributed by atoms with E-state index in [9.17, 15) is 0 Å². The Bertz CT molecular complexity index is 430. The van der Waals surface area contributed by atoms with Crippen LogP contribution in [0.1, 0.15) is 12.8 Å². The van der Waals surface area contributed by atoms with Crippen molar-refractivity contribution < 1.29 is 4.84 Å². The Kier molecular flexibility index (Phi) is 1.60. The lowest BCUT2D eigenvalue weighted by Crippen LogP contribution is -2.41. The fourth-order valence-corrected chi connectivity index (χ4v) is 2.93. The number of nitrogens with one attached hydrogen (secondary N) is 2. The van der Waals surface area contributed by atoms with E-state index in [0.717, 1.165) is 13.1 Å². The molecule has 0 amide bonds. The third-order valence-corrected chi connectivity index (χ3v) is 3.83. The molecule has 16 heavy (non-hydrogen) atoms. The first-order valence-corrected chi connectivity index (χ1v) is 5.97. The molecular weight excluding hydrogens is 202 g/mol. The van der Waals surface area contributed by atoms with Crippen LogP contribution in [-0.2, 0) is 4.84 Å². The largest absolute Gasteiger partial charge is 0.335 e. The van der Waals surface area contributed by atoms with Crippen molar-refractivity contribution in [3.05, 3.63) is 24.3 Å². The maximum Gasteiger partial charge on any atom is 0.268 e. The quantitative estimate of drug-likeness (QED) is 0.700. The fourth-order valence-electron chi connectivity index (χ4n) is 2.93. The van der Waals surface area contributed by atoms with Gasteiger partial charge in [0, 0.05) is 5.92 Å². The molecule has 2 saturated heterocycles. The van der Waals surface area contributed by atoms with E-state index in [0.29, 0.717) is 5.92 Å². The van der Waals surface area contributed by atoms with Gasteiger partial charge in [-0.05, 0) is 38.1 Å². The summed E-state index contributed by atoms with van der Waals surface area (Å²) < 4.78 is 0. The van der Waals surface area contributed by atoms with Gasteiger partial charge in [0.15, 0.2) is 0 Å². The molecule has 2 fully saturated rings. The average Bonchev–Trinajstić information content (AvgIpc) is 2.99. The molecule has 3 heterocycles. The average molecular weight is 217 g/mol. The molecule has 1 aromatic rings.